The van der Waals surface area contributed by atoms with E-state index in [-0.39, 0.29) is 24.3 Å². The van der Waals surface area contributed by atoms with Crippen LogP contribution in [0.3, 0.4) is 0 Å². The van der Waals surface area contributed by atoms with Gasteiger partial charge in [0.2, 0.25) is 0 Å². The van der Waals surface area contributed by atoms with Gasteiger partial charge in [0.05, 0.1) is 0 Å². The first-order chi connectivity index (χ1) is 6.21. The molecule has 100 valence electrons. The van der Waals surface area contributed by atoms with Gasteiger partial charge in [-0.2, -0.15) is 0 Å². The van der Waals surface area contributed by atoms with Crippen LogP contribution in [0.15, 0.2) is 0 Å². The maximum Gasteiger partial charge on any atom is 0.183 e. The van der Waals surface area contributed by atoms with E-state index in [0.29, 0.717) is 0 Å². The highest BCUT2D eigenvalue weighted by molar-refractivity contribution is 6.69. The van der Waals surface area contributed by atoms with Gasteiger partial charge in [-0.3, -0.25) is 0 Å². The number of hydrogen-bond donors (Lipinski definition) is 1. The van der Waals surface area contributed by atoms with Crippen LogP contribution in [0.25, 0.3) is 0 Å². The Kier molecular flexibility index (Phi) is 27.4. The Bertz CT molecular complexity index is 93.7. The van der Waals surface area contributed by atoms with Gasteiger partial charge in [-0.15, -0.1) is 0 Å². The number of rotatable bonds is 2. The van der Waals surface area contributed by atoms with Crippen LogP contribution in [-0.4, -0.2) is 35.4 Å². The minimum atomic E-state index is -1.16. The average molecular weight is 257 g/mol. The van der Waals surface area contributed by atoms with E-state index in [9.17, 15) is 0 Å². The monoisotopic (exact) mass is 256 g/mol. The molecule has 15 heavy (non-hydrogen) atoms. The highest BCUT2D eigenvalue weighted by Gasteiger charge is 2.11. The molecule has 0 saturated heterocycles. The van der Waals surface area contributed by atoms with Crippen LogP contribution in [0.1, 0.15) is 22.7 Å². The van der Waals surface area contributed by atoms with Crippen molar-refractivity contribution in [1.82, 2.24) is 0 Å². The zero-order valence-corrected chi connectivity index (χ0v) is 13.5. The molecule has 0 spiro atoms. The third-order valence-corrected chi connectivity index (χ3v) is 1.73. The van der Waals surface area contributed by atoms with Crippen molar-refractivity contribution in [3.05, 3.63) is 0 Å². The molecule has 0 aliphatic heterocycles. The molecule has 0 atom stereocenters. The Morgan fingerprint density at radius 3 is 1.33 bits per heavy atom. The summed E-state index contributed by atoms with van der Waals surface area (Å²) in [4.78, 5) is 0. The predicted molar refractivity (Wildman–Crippen MR) is 81.3 cm³/mol. The van der Waals surface area contributed by atoms with Crippen molar-refractivity contribution in [2.45, 2.75) is 60.6 Å². The molecule has 0 aromatic carbocycles. The summed E-state index contributed by atoms with van der Waals surface area (Å²) in [7, 11) is -1.30. The van der Waals surface area contributed by atoms with Crippen molar-refractivity contribution in [2.24, 2.45) is 0 Å². The lowest BCUT2D eigenvalue weighted by molar-refractivity contribution is 0.318. The van der Waals surface area contributed by atoms with Crippen molar-refractivity contribution < 1.29 is 11.0 Å². The van der Waals surface area contributed by atoms with Gasteiger partial charge in [0.15, 0.2) is 8.32 Å². The lowest BCUT2D eigenvalue weighted by atomic mass is 10.9. The van der Waals surface area contributed by atoms with E-state index in [0.717, 1.165) is 6.61 Å². The van der Waals surface area contributed by atoms with Gasteiger partial charge < -0.3 is 9.53 Å². The molecule has 0 rings (SSSR count). The molecule has 0 aliphatic rings. The Morgan fingerprint density at radius 2 is 1.33 bits per heavy atom. The summed E-state index contributed by atoms with van der Waals surface area (Å²) in [6, 6.07) is 0. The van der Waals surface area contributed by atoms with E-state index in [4.69, 9.17) is 9.53 Å². The van der Waals surface area contributed by atoms with E-state index in [2.05, 4.69) is 39.3 Å². The fraction of sp³-hybridized carbons (Fsp3) is 1.00. The average Bonchev–Trinajstić information content (AvgIpc) is 1.83. The zero-order chi connectivity index (χ0) is 12.2. The minimum Gasteiger partial charge on any atom is -0.418 e. The van der Waals surface area contributed by atoms with Gasteiger partial charge in [0.25, 0.3) is 0 Å². The first-order valence-electron chi connectivity index (χ1n) is 5.46. The quantitative estimate of drug-likeness (QED) is 0.761. The molecule has 0 unspecified atom stereocenters. The van der Waals surface area contributed by atoms with Crippen LogP contribution < -0.4 is 0 Å². The third kappa shape index (κ3) is 116. The maximum absolute atomic E-state index is 7.57. The molecule has 0 amide bonds. The van der Waals surface area contributed by atoms with Crippen molar-refractivity contribution in [1.29, 1.82) is 0 Å². The summed E-state index contributed by atoms with van der Waals surface area (Å²) in [5.74, 6) is 0. The van der Waals surface area contributed by atoms with Crippen LogP contribution in [0.5, 0.6) is 0 Å². The van der Waals surface area contributed by atoms with Crippen molar-refractivity contribution >= 4 is 17.1 Å². The molecule has 0 saturated carbocycles. The first-order valence-corrected chi connectivity index (χ1v) is 12.3. The SMILES string of the molecule is C.CCO.CCO[Si](C)(C)C.C[SiH](C)C.[HH]. The van der Waals surface area contributed by atoms with Gasteiger partial charge in [-0.25, -0.2) is 0 Å². The molecule has 1 N–H and O–H groups in total. The summed E-state index contributed by atoms with van der Waals surface area (Å²) < 4.78 is 5.37. The van der Waals surface area contributed by atoms with Gasteiger partial charge in [-0.05, 0) is 33.5 Å². The molecule has 0 fully saturated rings. The van der Waals surface area contributed by atoms with Crippen molar-refractivity contribution in [3.63, 3.8) is 0 Å². The van der Waals surface area contributed by atoms with E-state index in [1.54, 1.807) is 6.92 Å². The second-order valence-corrected chi connectivity index (χ2v) is 12.6. The van der Waals surface area contributed by atoms with Crippen LogP contribution in [0.2, 0.25) is 39.3 Å². The smallest absolute Gasteiger partial charge is 0.183 e. The minimum absolute atomic E-state index is 0. The van der Waals surface area contributed by atoms with Gasteiger partial charge in [0.1, 0.15) is 0 Å². The Hall–Kier alpha value is 0.354. The van der Waals surface area contributed by atoms with Gasteiger partial charge in [0, 0.05) is 23.4 Å². The van der Waals surface area contributed by atoms with E-state index in [1.165, 1.54) is 0 Å². The Labute approximate surface area is 102 Å². The largest absolute Gasteiger partial charge is 0.418 e. The molecule has 0 aromatic rings. The number of aliphatic hydroxyl groups excluding tert-OH is 1. The second-order valence-electron chi connectivity index (χ2n) is 4.59. The molecule has 4 heteroatoms. The lowest BCUT2D eigenvalue weighted by Crippen LogP contribution is -2.24. The lowest BCUT2D eigenvalue weighted by Gasteiger charge is -2.14. The van der Waals surface area contributed by atoms with Gasteiger partial charge in [-0.1, -0.05) is 27.1 Å². The second kappa shape index (κ2) is 16.8. The zero-order valence-electron chi connectivity index (χ0n) is 11.3. The van der Waals surface area contributed by atoms with Crippen LogP contribution in [-0.2, 0) is 4.43 Å². The van der Waals surface area contributed by atoms with Crippen LogP contribution >= 0.6 is 0 Å². The number of aliphatic hydroxyl groups is 1. The van der Waals surface area contributed by atoms with Gasteiger partial charge >= 0.3 is 0 Å². The molecule has 0 aliphatic carbocycles. The molecule has 0 aromatic heterocycles. The van der Waals surface area contributed by atoms with Crippen molar-refractivity contribution in [2.75, 3.05) is 13.2 Å². The fourth-order valence-electron chi connectivity index (χ4n) is 0.433. The molecule has 2 nitrogen and oxygen atoms in total. The summed E-state index contributed by atoms with van der Waals surface area (Å²) in [6.07, 6.45) is 0. The number of hydrogen-bond acceptors (Lipinski definition) is 2. The molecular formula is C11H36O2Si2. The van der Waals surface area contributed by atoms with E-state index < -0.39 is 8.32 Å². The highest BCUT2D eigenvalue weighted by atomic mass is 28.4. The highest BCUT2D eigenvalue weighted by Crippen LogP contribution is 2.00. The van der Waals surface area contributed by atoms with E-state index in [1.807, 2.05) is 6.92 Å². The first kappa shape index (κ1) is 24.5. The Balaban J connectivity index is -0.0000000393. The summed E-state index contributed by atoms with van der Waals surface area (Å²) in [5, 5.41) is 7.57. The Morgan fingerprint density at radius 1 is 1.13 bits per heavy atom. The molecule has 0 radical (unpaired) electrons. The van der Waals surface area contributed by atoms with E-state index >= 15 is 0 Å². The van der Waals surface area contributed by atoms with Crippen LogP contribution in [0.4, 0.5) is 0 Å². The van der Waals surface area contributed by atoms with Crippen LogP contribution in [0, 0.1) is 0 Å². The predicted octanol–water partition coefficient (Wildman–Crippen LogP) is 3.84. The summed E-state index contributed by atoms with van der Waals surface area (Å²) in [5.41, 5.74) is 0. The molecule has 0 bridgehead atoms. The topological polar surface area (TPSA) is 29.5 Å². The maximum atomic E-state index is 7.57. The summed E-state index contributed by atoms with van der Waals surface area (Å²) >= 11 is 0. The fourth-order valence-corrected chi connectivity index (χ4v) is 1.30. The summed E-state index contributed by atoms with van der Waals surface area (Å²) in [6.45, 7) is 18.3. The molecule has 0 heterocycles. The molecular weight excluding hydrogens is 220 g/mol. The standard InChI is InChI=1S/C5H14OSi.C3H10Si.C2H6O.CH4.H2/c1-5-6-7(2,3)4;1-4(2)3;1-2-3;;/h5H2,1-4H3;4H,1-3H3;3H,2H2,1H3;1H4;1H. The third-order valence-electron chi connectivity index (χ3n) is 0.577. The van der Waals surface area contributed by atoms with Crippen molar-refractivity contribution in [3.8, 4) is 0 Å². The normalized spacial score (nSPS) is 9.20.